The fraction of sp³-hybridized carbons (Fsp3) is 0.480. The first-order valence-corrected chi connectivity index (χ1v) is 12.1. The van der Waals surface area contributed by atoms with Crippen LogP contribution in [-0.2, 0) is 6.54 Å². The first kappa shape index (κ1) is 25.5. The molecule has 1 aliphatic heterocycles. The maximum Gasteiger partial charge on any atom is 0.172 e. The van der Waals surface area contributed by atoms with E-state index in [2.05, 4.69) is 20.1 Å². The molecule has 2 aromatic heterocycles. The molecule has 35 heavy (non-hydrogen) atoms. The Labute approximate surface area is 209 Å². The van der Waals surface area contributed by atoms with E-state index in [0.29, 0.717) is 52.8 Å². The maximum atomic E-state index is 14.2. The van der Waals surface area contributed by atoms with Crippen molar-refractivity contribution >= 4 is 34.3 Å². The SMILES string of the molecule is CC(C)Nc1nc2cnc(C(O)C(C)(C)O)cc2nc1N1CCN(Cc2ccc(Cl)cc2F)CC1. The van der Waals surface area contributed by atoms with Crippen molar-refractivity contribution in [1.82, 2.24) is 19.9 Å². The highest BCUT2D eigenvalue weighted by Gasteiger charge is 2.28. The number of piperazine rings is 1. The van der Waals surface area contributed by atoms with E-state index in [9.17, 15) is 14.6 Å². The van der Waals surface area contributed by atoms with E-state index in [1.54, 1.807) is 24.4 Å². The van der Waals surface area contributed by atoms with Gasteiger partial charge in [-0.2, -0.15) is 0 Å². The zero-order valence-electron chi connectivity index (χ0n) is 20.5. The van der Waals surface area contributed by atoms with Crippen LogP contribution >= 0.6 is 11.6 Å². The summed E-state index contributed by atoms with van der Waals surface area (Å²) in [5.74, 6) is 1.10. The van der Waals surface area contributed by atoms with Gasteiger partial charge in [-0.15, -0.1) is 0 Å². The highest BCUT2D eigenvalue weighted by Crippen LogP contribution is 2.30. The monoisotopic (exact) mass is 502 g/mol. The molecular weight excluding hydrogens is 471 g/mol. The van der Waals surface area contributed by atoms with Crippen LogP contribution in [0.25, 0.3) is 11.0 Å². The number of benzene rings is 1. The van der Waals surface area contributed by atoms with Crippen LogP contribution in [0.2, 0.25) is 5.02 Å². The minimum atomic E-state index is -1.34. The molecule has 0 amide bonds. The average Bonchev–Trinajstić information content (AvgIpc) is 2.79. The van der Waals surface area contributed by atoms with Gasteiger partial charge in [0, 0.05) is 49.4 Å². The van der Waals surface area contributed by atoms with Gasteiger partial charge < -0.3 is 20.4 Å². The highest BCUT2D eigenvalue weighted by molar-refractivity contribution is 6.30. The molecule has 1 saturated heterocycles. The van der Waals surface area contributed by atoms with Crippen molar-refractivity contribution in [2.75, 3.05) is 36.4 Å². The van der Waals surface area contributed by atoms with Crippen molar-refractivity contribution < 1.29 is 14.6 Å². The summed E-state index contributed by atoms with van der Waals surface area (Å²) in [6, 6.07) is 6.62. The van der Waals surface area contributed by atoms with Crippen LogP contribution in [0.4, 0.5) is 16.0 Å². The number of pyridine rings is 1. The number of aromatic nitrogens is 3. The van der Waals surface area contributed by atoms with E-state index >= 15 is 0 Å². The van der Waals surface area contributed by atoms with Crippen LogP contribution in [0.15, 0.2) is 30.5 Å². The molecule has 1 aromatic carbocycles. The molecular formula is C25H32ClFN6O2. The van der Waals surface area contributed by atoms with Gasteiger partial charge in [0.1, 0.15) is 17.4 Å². The minimum absolute atomic E-state index is 0.152. The summed E-state index contributed by atoms with van der Waals surface area (Å²) in [5.41, 5.74) is 0.815. The molecule has 0 bridgehead atoms. The van der Waals surface area contributed by atoms with Crippen molar-refractivity contribution in [3.8, 4) is 0 Å². The van der Waals surface area contributed by atoms with Crippen molar-refractivity contribution in [2.24, 2.45) is 0 Å². The van der Waals surface area contributed by atoms with E-state index < -0.39 is 11.7 Å². The summed E-state index contributed by atoms with van der Waals surface area (Å²) in [5, 5.41) is 24.4. The van der Waals surface area contributed by atoms with Crippen molar-refractivity contribution in [2.45, 2.75) is 52.0 Å². The first-order valence-electron chi connectivity index (χ1n) is 11.8. The topological polar surface area (TPSA) is 97.6 Å². The molecule has 3 N–H and O–H groups in total. The quantitative estimate of drug-likeness (QED) is 0.449. The number of nitrogens with zero attached hydrogens (tertiary/aromatic N) is 5. The Morgan fingerprint density at radius 2 is 1.83 bits per heavy atom. The van der Waals surface area contributed by atoms with Crippen LogP contribution in [0.5, 0.6) is 0 Å². The zero-order valence-corrected chi connectivity index (χ0v) is 21.2. The Morgan fingerprint density at radius 3 is 2.46 bits per heavy atom. The van der Waals surface area contributed by atoms with Gasteiger partial charge in [0.15, 0.2) is 11.6 Å². The fourth-order valence-corrected chi connectivity index (χ4v) is 4.24. The fourth-order valence-electron chi connectivity index (χ4n) is 4.08. The van der Waals surface area contributed by atoms with Crippen LogP contribution in [0, 0.1) is 5.82 Å². The second kappa shape index (κ2) is 10.2. The molecule has 1 unspecified atom stereocenters. The summed E-state index contributed by atoms with van der Waals surface area (Å²) >= 11 is 5.88. The molecule has 10 heteroatoms. The van der Waals surface area contributed by atoms with Gasteiger partial charge in [0.2, 0.25) is 0 Å². The first-order chi connectivity index (χ1) is 16.5. The van der Waals surface area contributed by atoms with Crippen LogP contribution in [0.1, 0.15) is 45.1 Å². The normalized spacial score (nSPS) is 16.2. The summed E-state index contributed by atoms with van der Waals surface area (Å²) in [7, 11) is 0. The predicted octanol–water partition coefficient (Wildman–Crippen LogP) is 3.76. The lowest BCUT2D eigenvalue weighted by atomic mass is 9.98. The minimum Gasteiger partial charge on any atom is -0.387 e. The molecule has 8 nitrogen and oxygen atoms in total. The second-order valence-corrected chi connectivity index (χ2v) is 10.3. The Kier molecular flexibility index (Phi) is 7.42. The van der Waals surface area contributed by atoms with Crippen molar-refractivity contribution in [3.05, 3.63) is 52.6 Å². The highest BCUT2D eigenvalue weighted by atomic mass is 35.5. The van der Waals surface area contributed by atoms with Gasteiger partial charge in [-0.3, -0.25) is 9.88 Å². The third-order valence-electron chi connectivity index (χ3n) is 6.01. The van der Waals surface area contributed by atoms with E-state index in [1.165, 1.54) is 19.9 Å². The van der Waals surface area contributed by atoms with Gasteiger partial charge in [-0.25, -0.2) is 14.4 Å². The lowest BCUT2D eigenvalue weighted by molar-refractivity contribution is -0.0516. The summed E-state index contributed by atoms with van der Waals surface area (Å²) in [6.45, 7) is 10.5. The van der Waals surface area contributed by atoms with Gasteiger partial charge in [-0.1, -0.05) is 17.7 Å². The number of hydrogen-bond acceptors (Lipinski definition) is 8. The zero-order chi connectivity index (χ0) is 25.3. The Hall–Kier alpha value is -2.59. The number of nitrogens with one attached hydrogen (secondary N) is 1. The van der Waals surface area contributed by atoms with Crippen LogP contribution in [0.3, 0.4) is 0 Å². The number of fused-ring (bicyclic) bond motifs is 1. The molecule has 1 atom stereocenters. The molecule has 1 fully saturated rings. The lowest BCUT2D eigenvalue weighted by Gasteiger charge is -2.36. The van der Waals surface area contributed by atoms with Gasteiger partial charge in [0.25, 0.3) is 0 Å². The lowest BCUT2D eigenvalue weighted by Crippen LogP contribution is -2.46. The molecule has 0 spiro atoms. The standard InChI is InChI=1S/C25H32ClFN6O2/c1-15(2)29-23-24(31-19-12-20(22(34)25(3,4)35)28-13-21(19)30-23)33-9-7-32(8-10-33)14-16-5-6-17(26)11-18(16)27/h5-6,11-13,15,22,34-35H,7-10,14H2,1-4H3,(H,29,30). The average molecular weight is 503 g/mol. The Bertz CT molecular complexity index is 1190. The van der Waals surface area contributed by atoms with E-state index in [4.69, 9.17) is 21.6 Å². The maximum absolute atomic E-state index is 14.2. The molecule has 0 radical (unpaired) electrons. The number of aliphatic hydroxyl groups is 2. The Morgan fingerprint density at radius 1 is 1.11 bits per heavy atom. The van der Waals surface area contributed by atoms with Crippen molar-refractivity contribution in [3.63, 3.8) is 0 Å². The molecule has 1 aliphatic rings. The summed E-state index contributed by atoms with van der Waals surface area (Å²) < 4.78 is 14.2. The molecule has 0 saturated carbocycles. The van der Waals surface area contributed by atoms with E-state index in [0.717, 1.165) is 18.9 Å². The summed E-state index contributed by atoms with van der Waals surface area (Å²) in [6.07, 6.45) is 0.419. The predicted molar refractivity (Wildman–Crippen MR) is 136 cm³/mol. The number of anilines is 2. The molecule has 188 valence electrons. The molecule has 4 rings (SSSR count). The largest absolute Gasteiger partial charge is 0.387 e. The third-order valence-corrected chi connectivity index (χ3v) is 6.24. The van der Waals surface area contributed by atoms with Gasteiger partial charge >= 0.3 is 0 Å². The molecule has 3 aromatic rings. The number of aliphatic hydroxyl groups excluding tert-OH is 1. The second-order valence-electron chi connectivity index (χ2n) is 9.85. The number of rotatable bonds is 7. The summed E-state index contributed by atoms with van der Waals surface area (Å²) in [4.78, 5) is 18.3. The van der Waals surface area contributed by atoms with E-state index in [-0.39, 0.29) is 11.9 Å². The van der Waals surface area contributed by atoms with Crippen LogP contribution in [-0.4, -0.2) is 67.9 Å². The van der Waals surface area contributed by atoms with Crippen molar-refractivity contribution in [1.29, 1.82) is 0 Å². The van der Waals surface area contributed by atoms with Gasteiger partial charge in [-0.05, 0) is 45.9 Å². The van der Waals surface area contributed by atoms with Gasteiger partial charge in [0.05, 0.1) is 23.0 Å². The smallest absolute Gasteiger partial charge is 0.172 e. The van der Waals surface area contributed by atoms with E-state index in [1.807, 2.05) is 13.8 Å². The van der Waals surface area contributed by atoms with Crippen LogP contribution < -0.4 is 10.2 Å². The molecule has 0 aliphatic carbocycles. The third kappa shape index (κ3) is 5.98. The number of hydrogen-bond donors (Lipinski definition) is 3. The Balaban J connectivity index is 1.57. The molecule has 3 heterocycles. The number of halogens is 2.